The SMILES string of the molecule is O=[C-]N[C@@H](Cc1ccc(OCCN2CCOCC2)cc1)C(=O)O.[Fm]. The summed E-state index contributed by atoms with van der Waals surface area (Å²) >= 11 is 0. The zero-order valence-corrected chi connectivity index (χ0v) is 15.6. The van der Waals surface area contributed by atoms with Crippen molar-refractivity contribution in [3.63, 3.8) is 0 Å². The van der Waals surface area contributed by atoms with E-state index in [9.17, 15) is 9.59 Å². The predicted molar refractivity (Wildman–Crippen MR) is 83.2 cm³/mol. The standard InChI is InChI=1S/C16H21N2O5.Fm/c19-12-17-15(16(20)21)11-13-1-3-14(4-2-13)23-10-7-18-5-8-22-9-6-18;/h1-4,15H,5-11H2,(H,17,19)(H,20,21);/q-1;/t15-;/m0./s1. The first-order chi connectivity index (χ1) is 11.2. The van der Waals surface area contributed by atoms with Crippen molar-refractivity contribution in [1.29, 1.82) is 0 Å². The molecule has 1 fully saturated rings. The zero-order valence-electron chi connectivity index (χ0n) is 13.2. The van der Waals surface area contributed by atoms with Gasteiger partial charge in [0, 0.05) is 26.1 Å². The van der Waals surface area contributed by atoms with E-state index in [2.05, 4.69) is 10.2 Å². The minimum atomic E-state index is -1.08. The Hall–Kier alpha value is -3.12. The number of nitrogens with one attached hydrogen (secondary N) is 1. The summed E-state index contributed by atoms with van der Waals surface area (Å²) in [6, 6.07) is 6.23. The maximum atomic E-state index is 11.0. The molecule has 1 aliphatic rings. The molecular weight excluding hydrogens is 557 g/mol. The van der Waals surface area contributed by atoms with Crippen LogP contribution in [0.4, 0.5) is 0 Å². The molecule has 24 heavy (non-hydrogen) atoms. The van der Waals surface area contributed by atoms with Crippen LogP contribution in [0.3, 0.4) is 0 Å². The molecule has 8 heteroatoms. The Morgan fingerprint density at radius 1 is 1.33 bits per heavy atom. The van der Waals surface area contributed by atoms with Gasteiger partial charge in [-0.1, -0.05) is 12.1 Å². The van der Waals surface area contributed by atoms with Gasteiger partial charge in [0.05, 0.1) is 13.2 Å². The van der Waals surface area contributed by atoms with E-state index in [1.54, 1.807) is 24.3 Å². The van der Waals surface area contributed by atoms with Crippen molar-refractivity contribution in [2.24, 2.45) is 0 Å². The van der Waals surface area contributed by atoms with Gasteiger partial charge in [-0.05, 0) is 17.7 Å². The van der Waals surface area contributed by atoms with Crippen LogP contribution < -0.4 is 10.1 Å². The van der Waals surface area contributed by atoms with Crippen LogP contribution in [0.5, 0.6) is 5.75 Å². The van der Waals surface area contributed by atoms with Crippen molar-refractivity contribution in [3.8, 4) is 5.75 Å². The number of ether oxygens (including phenoxy) is 2. The Morgan fingerprint density at radius 3 is 2.58 bits per heavy atom. The summed E-state index contributed by atoms with van der Waals surface area (Å²) in [6.45, 7) is 4.85. The number of carbonyl (C=O) groups excluding carboxylic acids is 1. The molecule has 0 bridgehead atoms. The number of aliphatic carboxylic acids is 1. The van der Waals surface area contributed by atoms with E-state index in [4.69, 9.17) is 14.6 Å². The second-order valence-corrected chi connectivity index (χ2v) is 5.29. The van der Waals surface area contributed by atoms with E-state index in [1.807, 2.05) is 0 Å². The van der Waals surface area contributed by atoms with E-state index < -0.39 is 12.0 Å². The molecular formula is C16H21FmN2O5-. The third-order valence-corrected chi connectivity index (χ3v) is 3.67. The molecule has 1 heterocycles. The van der Waals surface area contributed by atoms with Gasteiger partial charge in [0.25, 0.3) is 0 Å². The zero-order chi connectivity index (χ0) is 16.5. The van der Waals surface area contributed by atoms with Crippen LogP contribution in [-0.4, -0.2) is 67.9 Å². The third-order valence-electron chi connectivity index (χ3n) is 3.67. The van der Waals surface area contributed by atoms with Crippen LogP contribution in [0.25, 0.3) is 0 Å². The Bertz CT molecular complexity index is 506. The number of carbonyl (C=O) groups is 1. The van der Waals surface area contributed by atoms with Gasteiger partial charge >= 0.3 is 5.97 Å². The van der Waals surface area contributed by atoms with Gasteiger partial charge < -0.3 is 24.7 Å². The van der Waals surface area contributed by atoms with Crippen LogP contribution >= 0.6 is 0 Å². The summed E-state index contributed by atoms with van der Waals surface area (Å²) < 4.78 is 11.0. The number of carboxylic acid groups (broad SMARTS) is 1. The molecule has 0 spiro atoms. The Kier molecular flexibility index (Phi) is 7.73. The summed E-state index contributed by atoms with van der Waals surface area (Å²) in [5.41, 5.74) is 0.806. The maximum absolute atomic E-state index is 11.0. The fourth-order valence-electron chi connectivity index (χ4n) is 2.35. The fraction of sp³-hybridized carbons (Fsp3) is 0.500. The molecule has 0 aromatic heterocycles. The molecule has 0 aliphatic carbocycles. The largest absolute Gasteiger partial charge is 0.520 e. The molecule has 1 aliphatic heterocycles. The molecule has 1 atom stereocenters. The molecule has 2 rings (SSSR count). The van der Waals surface area contributed by atoms with Crippen molar-refractivity contribution in [1.82, 2.24) is 10.2 Å². The van der Waals surface area contributed by atoms with Gasteiger partial charge in [-0.15, -0.1) is 0 Å². The summed E-state index contributed by atoms with van der Waals surface area (Å²) in [4.78, 5) is 23.5. The van der Waals surface area contributed by atoms with Crippen LogP contribution in [0, 0.1) is 0 Å². The van der Waals surface area contributed by atoms with Gasteiger partial charge in [0.1, 0.15) is 18.4 Å². The summed E-state index contributed by atoms with van der Waals surface area (Å²) in [7, 11) is 0. The second kappa shape index (κ2) is 9.81. The second-order valence-electron chi connectivity index (χ2n) is 5.29. The number of benzene rings is 1. The van der Waals surface area contributed by atoms with Crippen LogP contribution in [0.2, 0.25) is 0 Å². The van der Waals surface area contributed by atoms with Gasteiger partial charge in [0.2, 0.25) is 0 Å². The molecule has 1 saturated heterocycles. The van der Waals surface area contributed by atoms with Crippen molar-refractivity contribution < 1.29 is 24.2 Å². The van der Waals surface area contributed by atoms with Gasteiger partial charge in [-0.25, -0.2) is 0 Å². The number of hydrogen-bond donors (Lipinski definition) is 2. The summed E-state index contributed by atoms with van der Waals surface area (Å²) in [6.07, 6.45) is 1.63. The Morgan fingerprint density at radius 2 is 2.00 bits per heavy atom. The molecule has 1 amide bonds. The first-order valence-electron chi connectivity index (χ1n) is 7.56. The van der Waals surface area contributed by atoms with E-state index in [0.29, 0.717) is 6.61 Å². The molecule has 2 N–H and O–H groups in total. The number of morpholine rings is 1. The van der Waals surface area contributed by atoms with Crippen LogP contribution in [0.15, 0.2) is 24.3 Å². The third kappa shape index (κ3) is 5.94. The average molecular weight is 578 g/mol. The van der Waals surface area contributed by atoms with Gasteiger partial charge in [-0.3, -0.25) is 9.69 Å². The fourth-order valence-corrected chi connectivity index (χ4v) is 2.35. The molecule has 1 aromatic carbocycles. The van der Waals surface area contributed by atoms with E-state index in [-0.39, 0.29) is 6.42 Å². The van der Waals surface area contributed by atoms with Crippen LogP contribution in [0.1, 0.15) is 5.56 Å². The Labute approximate surface area is 135 Å². The van der Waals surface area contributed by atoms with Crippen molar-refractivity contribution in [2.45, 2.75) is 12.5 Å². The van der Waals surface area contributed by atoms with Gasteiger partial charge in [-0.2, -0.15) is 6.41 Å². The number of nitrogens with zero attached hydrogens (tertiary/aromatic N) is 1. The predicted octanol–water partition coefficient (Wildman–Crippen LogP) is 0.0501. The normalized spacial score (nSPS) is 15.8. The molecule has 0 saturated carbocycles. The maximum Gasteiger partial charge on any atom is 0.323 e. The van der Waals surface area contributed by atoms with E-state index >= 15 is 0 Å². The molecule has 1 aromatic rings. The summed E-state index contributed by atoms with van der Waals surface area (Å²) in [5.74, 6) is -0.344. The molecule has 0 unspecified atom stereocenters. The monoisotopic (exact) mass is 578 g/mol. The first kappa shape index (κ1) is 18.9. The molecule has 138 valence electrons. The molecule has 7 nitrogen and oxygen atoms in total. The Balaban J connectivity index is 0.00000288. The number of carboxylic acids is 1. The first-order valence-corrected chi connectivity index (χ1v) is 7.56. The average Bonchev–Trinajstić information content (AvgIpc) is 2.57. The van der Waals surface area contributed by atoms with Crippen molar-refractivity contribution in [2.75, 3.05) is 39.5 Å². The van der Waals surface area contributed by atoms with E-state index in [0.717, 1.165) is 44.2 Å². The van der Waals surface area contributed by atoms with Crippen molar-refractivity contribution in [3.05, 3.63) is 29.8 Å². The van der Waals surface area contributed by atoms with Crippen molar-refractivity contribution >= 4 is 12.4 Å². The molecule has 0 radical (unpaired) electrons. The summed E-state index contributed by atoms with van der Waals surface area (Å²) in [5, 5.41) is 11.1. The van der Waals surface area contributed by atoms with E-state index in [1.165, 1.54) is 6.41 Å². The minimum Gasteiger partial charge on any atom is -0.520 e. The number of rotatable bonds is 9. The van der Waals surface area contributed by atoms with Crippen LogP contribution in [-0.2, 0) is 20.7 Å². The van der Waals surface area contributed by atoms with Gasteiger partial charge in [0.15, 0.2) is 0 Å². The minimum absolute atomic E-state index is 0. The quantitative estimate of drug-likeness (QED) is 0.319. The number of hydrogen-bond acceptors (Lipinski definition) is 5. The smallest absolute Gasteiger partial charge is 0.323 e. The topological polar surface area (TPSA) is 88.1 Å². The number of amides is 1.